The van der Waals surface area contributed by atoms with E-state index in [1.165, 1.54) is 4.57 Å². The third kappa shape index (κ3) is 3.86. The zero-order chi connectivity index (χ0) is 18.5. The van der Waals surface area contributed by atoms with Gasteiger partial charge in [0.2, 0.25) is 0 Å². The van der Waals surface area contributed by atoms with Crippen LogP contribution in [0.25, 0.3) is 5.69 Å². The minimum atomic E-state index is -1.35. The van der Waals surface area contributed by atoms with Crippen molar-refractivity contribution in [2.75, 3.05) is 6.61 Å². The summed E-state index contributed by atoms with van der Waals surface area (Å²) in [6, 6.07) is 14.6. The molecule has 0 amide bonds. The Morgan fingerprint density at radius 3 is 2.54 bits per heavy atom. The second kappa shape index (κ2) is 8.29. The third-order valence-corrected chi connectivity index (χ3v) is 5.50. The molecule has 0 spiro atoms. The van der Waals surface area contributed by atoms with Gasteiger partial charge in [0.05, 0.1) is 12.3 Å². The van der Waals surface area contributed by atoms with E-state index >= 15 is 0 Å². The molecular weight excluding hydrogens is 348 g/mol. The summed E-state index contributed by atoms with van der Waals surface area (Å²) in [6.45, 7) is 2.63. The van der Waals surface area contributed by atoms with Crippen molar-refractivity contribution >= 4 is 11.2 Å². The van der Waals surface area contributed by atoms with Crippen molar-refractivity contribution in [1.29, 1.82) is 0 Å². The van der Waals surface area contributed by atoms with Crippen LogP contribution in [0.5, 0.6) is 5.75 Å². The number of ether oxygens (including phenoxy) is 1. The average molecular weight is 370 g/mol. The molecule has 2 aromatic carbocycles. The van der Waals surface area contributed by atoms with E-state index in [0.29, 0.717) is 22.9 Å². The highest BCUT2D eigenvalue weighted by Crippen LogP contribution is 2.31. The fraction of sp³-hybridized carbons (Fsp3) is 0.250. The van der Waals surface area contributed by atoms with Gasteiger partial charge in [-0.1, -0.05) is 31.5 Å². The van der Waals surface area contributed by atoms with Gasteiger partial charge in [-0.05, 0) is 30.7 Å². The monoisotopic (exact) mass is 370 g/mol. The summed E-state index contributed by atoms with van der Waals surface area (Å²) in [5, 5.41) is 0. The largest absolute Gasteiger partial charge is 0.606 e. The summed E-state index contributed by atoms with van der Waals surface area (Å²) in [5.41, 5.74) is 0.553. The van der Waals surface area contributed by atoms with Crippen molar-refractivity contribution in [2.24, 2.45) is 7.05 Å². The predicted octanol–water partition coefficient (Wildman–Crippen LogP) is 3.52. The van der Waals surface area contributed by atoms with Crippen molar-refractivity contribution in [3.05, 3.63) is 71.4 Å². The predicted molar refractivity (Wildman–Crippen MR) is 103 cm³/mol. The zero-order valence-electron chi connectivity index (χ0n) is 14.9. The van der Waals surface area contributed by atoms with E-state index < -0.39 is 11.2 Å². The van der Waals surface area contributed by atoms with Gasteiger partial charge in [-0.15, -0.1) is 0 Å². The van der Waals surface area contributed by atoms with Crippen LogP contribution in [0.1, 0.15) is 19.8 Å². The lowest BCUT2D eigenvalue weighted by Crippen LogP contribution is -2.20. The van der Waals surface area contributed by atoms with Crippen LogP contribution in [0.4, 0.5) is 0 Å². The van der Waals surface area contributed by atoms with E-state index in [-0.39, 0.29) is 5.69 Å². The van der Waals surface area contributed by atoms with Crippen LogP contribution >= 0.6 is 0 Å². The molecular formula is C20H22N2O3S. The fourth-order valence-corrected chi connectivity index (χ4v) is 3.72. The maximum Gasteiger partial charge on any atom is 0.332 e. The van der Waals surface area contributed by atoms with Gasteiger partial charge >= 0.3 is 5.69 Å². The SMILES string of the molecule is CCCCOc1cc(-n2ccn(C)c2=O)ccc1[S+]([O-])c1ccccc1. The Balaban J connectivity index is 2.00. The molecule has 1 heterocycles. The summed E-state index contributed by atoms with van der Waals surface area (Å²) in [4.78, 5) is 13.5. The highest BCUT2D eigenvalue weighted by atomic mass is 32.2. The lowest BCUT2D eigenvalue weighted by Gasteiger charge is -2.15. The summed E-state index contributed by atoms with van der Waals surface area (Å²) in [7, 11) is 1.70. The minimum absolute atomic E-state index is 0.138. The Hall–Kier alpha value is -2.44. The van der Waals surface area contributed by atoms with E-state index in [1.807, 2.05) is 30.3 Å². The van der Waals surface area contributed by atoms with Gasteiger partial charge in [0.1, 0.15) is 0 Å². The highest BCUT2D eigenvalue weighted by molar-refractivity contribution is 7.91. The average Bonchev–Trinajstić information content (AvgIpc) is 3.01. The number of benzene rings is 2. The Bertz CT molecular complexity index is 918. The van der Waals surface area contributed by atoms with Gasteiger partial charge in [0, 0.05) is 36.7 Å². The number of nitrogens with zero attached hydrogens (tertiary/aromatic N) is 2. The van der Waals surface area contributed by atoms with Crippen molar-refractivity contribution in [1.82, 2.24) is 9.13 Å². The van der Waals surface area contributed by atoms with Crippen molar-refractivity contribution in [2.45, 2.75) is 29.6 Å². The number of hydrogen-bond donors (Lipinski definition) is 0. The quantitative estimate of drug-likeness (QED) is 0.472. The first-order chi connectivity index (χ1) is 12.6. The molecule has 0 bridgehead atoms. The standard InChI is InChI=1S/C20H22N2O3S/c1-3-4-14-25-18-15-16(22-13-12-21(2)20(22)23)10-11-19(18)26(24)17-8-6-5-7-9-17/h5-13,15H,3-4,14H2,1-2H3. The molecule has 26 heavy (non-hydrogen) atoms. The lowest BCUT2D eigenvalue weighted by atomic mass is 10.3. The van der Waals surface area contributed by atoms with Crippen LogP contribution in [-0.4, -0.2) is 20.3 Å². The number of unbranched alkanes of at least 4 members (excludes halogenated alkanes) is 1. The second-order valence-corrected chi connectivity index (χ2v) is 7.43. The zero-order valence-corrected chi connectivity index (χ0v) is 15.7. The lowest BCUT2D eigenvalue weighted by molar-refractivity contribution is 0.301. The van der Waals surface area contributed by atoms with Crippen LogP contribution in [0.3, 0.4) is 0 Å². The van der Waals surface area contributed by atoms with Crippen molar-refractivity contribution < 1.29 is 9.29 Å². The number of rotatable bonds is 7. The number of aromatic nitrogens is 2. The molecule has 0 aliphatic carbocycles. The van der Waals surface area contributed by atoms with Gasteiger partial charge in [0.15, 0.2) is 15.5 Å². The molecule has 1 unspecified atom stereocenters. The van der Waals surface area contributed by atoms with Crippen molar-refractivity contribution in [3.8, 4) is 11.4 Å². The normalized spacial score (nSPS) is 12.1. The molecule has 0 fully saturated rings. The Labute approximate surface area is 156 Å². The van der Waals surface area contributed by atoms with Crippen LogP contribution in [0.2, 0.25) is 0 Å². The first-order valence-corrected chi connectivity index (χ1v) is 9.75. The molecule has 0 radical (unpaired) electrons. The van der Waals surface area contributed by atoms with Crippen LogP contribution in [-0.2, 0) is 18.2 Å². The first-order valence-electron chi connectivity index (χ1n) is 8.60. The molecule has 1 atom stereocenters. The Morgan fingerprint density at radius 1 is 1.12 bits per heavy atom. The number of aryl methyl sites for hydroxylation is 1. The molecule has 136 valence electrons. The summed E-state index contributed by atoms with van der Waals surface area (Å²) in [6.07, 6.45) is 5.33. The number of hydrogen-bond acceptors (Lipinski definition) is 3. The van der Waals surface area contributed by atoms with E-state index in [9.17, 15) is 9.35 Å². The molecule has 5 nitrogen and oxygen atoms in total. The van der Waals surface area contributed by atoms with Gasteiger partial charge in [0.25, 0.3) is 0 Å². The molecule has 3 rings (SSSR count). The molecule has 3 aromatic rings. The topological polar surface area (TPSA) is 59.2 Å². The minimum Gasteiger partial charge on any atom is -0.606 e. The maximum atomic E-state index is 13.0. The maximum absolute atomic E-state index is 13.0. The summed E-state index contributed by atoms with van der Waals surface area (Å²) < 4.78 is 21.9. The molecule has 0 saturated carbocycles. The third-order valence-electron chi connectivity index (χ3n) is 4.07. The summed E-state index contributed by atoms with van der Waals surface area (Å²) in [5.74, 6) is 0.550. The van der Waals surface area contributed by atoms with Gasteiger partial charge in [-0.2, -0.15) is 0 Å². The molecule has 0 N–H and O–H groups in total. The van der Waals surface area contributed by atoms with Gasteiger partial charge in [-0.3, -0.25) is 4.57 Å². The molecule has 0 saturated heterocycles. The van der Waals surface area contributed by atoms with E-state index in [0.717, 1.165) is 17.7 Å². The molecule has 1 aromatic heterocycles. The fourth-order valence-electron chi connectivity index (χ4n) is 2.57. The molecule has 0 aliphatic rings. The summed E-state index contributed by atoms with van der Waals surface area (Å²) >= 11 is -1.35. The second-order valence-electron chi connectivity index (χ2n) is 5.98. The van der Waals surface area contributed by atoms with Gasteiger partial charge < -0.3 is 13.9 Å². The Kier molecular flexibility index (Phi) is 5.85. The van der Waals surface area contributed by atoms with E-state index in [4.69, 9.17) is 4.74 Å². The Morgan fingerprint density at radius 2 is 1.88 bits per heavy atom. The molecule has 6 heteroatoms. The molecule has 0 aliphatic heterocycles. The van der Waals surface area contributed by atoms with Gasteiger partial charge in [-0.25, -0.2) is 4.79 Å². The highest BCUT2D eigenvalue weighted by Gasteiger charge is 2.21. The van der Waals surface area contributed by atoms with E-state index in [2.05, 4.69) is 6.92 Å². The van der Waals surface area contributed by atoms with Crippen LogP contribution in [0, 0.1) is 0 Å². The van der Waals surface area contributed by atoms with E-state index in [1.54, 1.807) is 42.2 Å². The number of imidazole rings is 1. The van der Waals surface area contributed by atoms with Crippen LogP contribution < -0.4 is 10.4 Å². The smallest absolute Gasteiger partial charge is 0.332 e. The van der Waals surface area contributed by atoms with Crippen molar-refractivity contribution in [3.63, 3.8) is 0 Å². The van der Waals surface area contributed by atoms with Crippen LogP contribution in [0.15, 0.2) is 75.5 Å². The first kappa shape index (κ1) is 18.4.